The van der Waals surface area contributed by atoms with E-state index in [1.807, 2.05) is 12.1 Å². The van der Waals surface area contributed by atoms with Gasteiger partial charge < -0.3 is 19.9 Å². The van der Waals surface area contributed by atoms with Gasteiger partial charge in [-0.3, -0.25) is 4.79 Å². The minimum absolute atomic E-state index is 0.0664. The molecule has 1 aliphatic rings. The van der Waals surface area contributed by atoms with Crippen molar-refractivity contribution in [2.75, 3.05) is 26.4 Å². The Labute approximate surface area is 126 Å². The van der Waals surface area contributed by atoms with Gasteiger partial charge in [-0.2, -0.15) is 0 Å². The van der Waals surface area contributed by atoms with Crippen LogP contribution in [0.4, 0.5) is 0 Å². The first-order valence-electron chi connectivity index (χ1n) is 6.53. The highest BCUT2D eigenvalue weighted by molar-refractivity contribution is 9.10. The number of halogens is 1. The smallest absolute Gasteiger partial charge is 0.258 e. The average Bonchev–Trinajstić information content (AvgIpc) is 2.44. The first-order valence-corrected chi connectivity index (χ1v) is 7.32. The lowest BCUT2D eigenvalue weighted by Crippen LogP contribution is -2.47. The summed E-state index contributed by atoms with van der Waals surface area (Å²) in [7, 11) is 0. The van der Waals surface area contributed by atoms with Crippen LogP contribution in [0.25, 0.3) is 0 Å². The molecule has 1 saturated heterocycles. The van der Waals surface area contributed by atoms with Gasteiger partial charge in [0.1, 0.15) is 5.75 Å². The fourth-order valence-electron chi connectivity index (χ4n) is 1.95. The van der Waals surface area contributed by atoms with Crippen LogP contribution in [-0.2, 0) is 9.53 Å². The zero-order valence-electron chi connectivity index (χ0n) is 11.1. The Bertz CT molecular complexity index is 460. The van der Waals surface area contributed by atoms with E-state index in [-0.39, 0.29) is 19.1 Å². The van der Waals surface area contributed by atoms with Crippen molar-refractivity contribution in [1.29, 1.82) is 0 Å². The predicted molar refractivity (Wildman–Crippen MR) is 77.6 cm³/mol. The molecular formula is C14H18BrNO4. The fourth-order valence-corrected chi connectivity index (χ4v) is 2.33. The molecule has 5 nitrogen and oxygen atoms in total. The average molecular weight is 344 g/mol. The minimum atomic E-state index is -0.857. The number of nitrogens with one attached hydrogen (secondary N) is 1. The van der Waals surface area contributed by atoms with Crippen molar-refractivity contribution >= 4 is 21.8 Å². The third kappa shape index (κ3) is 4.77. The number of ether oxygens (including phenoxy) is 2. The molecule has 0 bridgehead atoms. The molecule has 2 rings (SSSR count). The molecule has 20 heavy (non-hydrogen) atoms. The quantitative estimate of drug-likeness (QED) is 0.849. The van der Waals surface area contributed by atoms with Crippen molar-refractivity contribution < 1.29 is 19.4 Å². The summed E-state index contributed by atoms with van der Waals surface area (Å²) in [5.41, 5.74) is -0.857. The second-order valence-corrected chi connectivity index (χ2v) is 5.78. The third-order valence-corrected chi connectivity index (χ3v) is 3.70. The molecule has 0 saturated carbocycles. The van der Waals surface area contributed by atoms with Gasteiger partial charge in [0.25, 0.3) is 5.91 Å². The summed E-state index contributed by atoms with van der Waals surface area (Å²) in [6, 6.07) is 7.29. The van der Waals surface area contributed by atoms with E-state index < -0.39 is 5.60 Å². The van der Waals surface area contributed by atoms with Crippen molar-refractivity contribution in [2.45, 2.75) is 18.4 Å². The molecule has 110 valence electrons. The molecule has 1 aliphatic heterocycles. The van der Waals surface area contributed by atoms with E-state index >= 15 is 0 Å². The van der Waals surface area contributed by atoms with Gasteiger partial charge in [-0.1, -0.05) is 22.0 Å². The van der Waals surface area contributed by atoms with Crippen LogP contribution >= 0.6 is 15.9 Å². The number of benzene rings is 1. The van der Waals surface area contributed by atoms with Crippen LogP contribution in [0, 0.1) is 0 Å². The molecule has 0 spiro atoms. The molecule has 2 N–H and O–H groups in total. The van der Waals surface area contributed by atoms with Crippen LogP contribution in [-0.4, -0.2) is 43.0 Å². The Morgan fingerprint density at radius 1 is 1.45 bits per heavy atom. The summed E-state index contributed by atoms with van der Waals surface area (Å²) in [5, 5.41) is 12.9. The Hall–Kier alpha value is -1.11. The lowest BCUT2D eigenvalue weighted by atomic mass is 9.94. The SMILES string of the molecule is O=C(COc1cccc(Br)c1)NCC1(O)CCOCC1. The summed E-state index contributed by atoms with van der Waals surface area (Å²) in [6.07, 6.45) is 1.08. The minimum Gasteiger partial charge on any atom is -0.484 e. The number of hydrogen-bond donors (Lipinski definition) is 2. The first kappa shape index (κ1) is 15.3. The summed E-state index contributed by atoms with van der Waals surface area (Å²) < 4.78 is 11.5. The number of rotatable bonds is 5. The van der Waals surface area contributed by atoms with Crippen LogP contribution in [0.5, 0.6) is 5.75 Å². The standard InChI is InChI=1S/C14H18BrNO4/c15-11-2-1-3-12(8-11)20-9-13(17)16-10-14(18)4-6-19-7-5-14/h1-3,8,18H,4-7,9-10H2,(H,16,17). The fraction of sp³-hybridized carbons (Fsp3) is 0.500. The highest BCUT2D eigenvalue weighted by atomic mass is 79.9. The molecule has 1 amide bonds. The summed E-state index contributed by atoms with van der Waals surface area (Å²) in [4.78, 5) is 11.7. The summed E-state index contributed by atoms with van der Waals surface area (Å²) >= 11 is 3.33. The lowest BCUT2D eigenvalue weighted by Gasteiger charge is -2.32. The second kappa shape index (κ2) is 7.06. The predicted octanol–water partition coefficient (Wildman–Crippen LogP) is 1.49. The Morgan fingerprint density at radius 2 is 2.20 bits per heavy atom. The van der Waals surface area contributed by atoms with Crippen molar-refractivity contribution in [1.82, 2.24) is 5.32 Å². The molecule has 1 aromatic rings. The zero-order chi connectivity index (χ0) is 14.4. The van der Waals surface area contributed by atoms with E-state index in [0.29, 0.717) is 31.8 Å². The van der Waals surface area contributed by atoms with Crippen molar-refractivity contribution in [3.63, 3.8) is 0 Å². The monoisotopic (exact) mass is 343 g/mol. The molecule has 1 aromatic carbocycles. The van der Waals surface area contributed by atoms with Gasteiger partial charge in [0.2, 0.25) is 0 Å². The maximum atomic E-state index is 11.7. The van der Waals surface area contributed by atoms with Crippen molar-refractivity contribution in [3.8, 4) is 5.75 Å². The molecule has 1 heterocycles. The summed E-state index contributed by atoms with van der Waals surface area (Å²) in [5.74, 6) is 0.379. The van der Waals surface area contributed by atoms with Gasteiger partial charge in [0, 0.05) is 37.1 Å². The van der Waals surface area contributed by atoms with Gasteiger partial charge in [0.15, 0.2) is 6.61 Å². The van der Waals surface area contributed by atoms with Crippen LogP contribution in [0.3, 0.4) is 0 Å². The van der Waals surface area contributed by atoms with E-state index in [1.165, 1.54) is 0 Å². The topological polar surface area (TPSA) is 67.8 Å². The number of aliphatic hydroxyl groups is 1. The van der Waals surface area contributed by atoms with Crippen molar-refractivity contribution in [3.05, 3.63) is 28.7 Å². The van der Waals surface area contributed by atoms with E-state index in [0.717, 1.165) is 4.47 Å². The van der Waals surface area contributed by atoms with Gasteiger partial charge in [0.05, 0.1) is 5.60 Å². The normalized spacial score (nSPS) is 17.5. The molecule has 0 aromatic heterocycles. The van der Waals surface area contributed by atoms with Gasteiger partial charge in [-0.15, -0.1) is 0 Å². The Kier molecular flexibility index (Phi) is 5.39. The highest BCUT2D eigenvalue weighted by Crippen LogP contribution is 2.19. The molecular weight excluding hydrogens is 326 g/mol. The summed E-state index contributed by atoms with van der Waals surface area (Å²) in [6.45, 7) is 1.22. The molecule has 6 heteroatoms. The number of amides is 1. The highest BCUT2D eigenvalue weighted by Gasteiger charge is 2.30. The van der Waals surface area contributed by atoms with E-state index in [9.17, 15) is 9.90 Å². The number of hydrogen-bond acceptors (Lipinski definition) is 4. The third-order valence-electron chi connectivity index (χ3n) is 3.20. The van der Waals surface area contributed by atoms with Gasteiger partial charge in [-0.05, 0) is 18.2 Å². The Morgan fingerprint density at radius 3 is 2.90 bits per heavy atom. The zero-order valence-corrected chi connectivity index (χ0v) is 12.7. The van der Waals surface area contributed by atoms with Crippen molar-refractivity contribution in [2.24, 2.45) is 0 Å². The van der Waals surface area contributed by atoms with E-state index in [2.05, 4.69) is 21.2 Å². The first-order chi connectivity index (χ1) is 9.57. The largest absolute Gasteiger partial charge is 0.484 e. The lowest BCUT2D eigenvalue weighted by molar-refractivity contribution is -0.125. The second-order valence-electron chi connectivity index (χ2n) is 4.86. The maximum Gasteiger partial charge on any atom is 0.258 e. The van der Waals surface area contributed by atoms with E-state index in [4.69, 9.17) is 9.47 Å². The van der Waals surface area contributed by atoms with Crippen LogP contribution < -0.4 is 10.1 Å². The molecule has 0 atom stereocenters. The maximum absolute atomic E-state index is 11.7. The van der Waals surface area contributed by atoms with Crippen LogP contribution in [0.2, 0.25) is 0 Å². The van der Waals surface area contributed by atoms with Crippen LogP contribution in [0.15, 0.2) is 28.7 Å². The molecule has 0 unspecified atom stereocenters. The van der Waals surface area contributed by atoms with E-state index in [1.54, 1.807) is 12.1 Å². The Balaban J connectivity index is 1.72. The number of carbonyl (C=O) groups is 1. The van der Waals surface area contributed by atoms with Gasteiger partial charge in [-0.25, -0.2) is 0 Å². The number of carbonyl (C=O) groups excluding carboxylic acids is 1. The van der Waals surface area contributed by atoms with Crippen LogP contribution in [0.1, 0.15) is 12.8 Å². The van der Waals surface area contributed by atoms with Gasteiger partial charge >= 0.3 is 0 Å². The molecule has 0 aliphatic carbocycles. The molecule has 0 radical (unpaired) electrons. The molecule has 1 fully saturated rings.